The number of rotatable bonds is 3. The third kappa shape index (κ3) is 3.41. The topological polar surface area (TPSA) is 115 Å². The van der Waals surface area contributed by atoms with Gasteiger partial charge in [0.15, 0.2) is 6.29 Å². The average Bonchev–Trinajstić information content (AvgIpc) is 3.23. The minimum atomic E-state index is -1.05. The lowest BCUT2D eigenvalue weighted by atomic mass is 9.44. The van der Waals surface area contributed by atoms with Gasteiger partial charge in [-0.15, -0.1) is 0 Å². The molecule has 3 aliphatic rings. The van der Waals surface area contributed by atoms with Crippen LogP contribution in [-0.2, 0) is 23.8 Å². The number of aliphatic hydroxyl groups is 2. The Hall–Kier alpha value is -2.16. The van der Waals surface area contributed by atoms with Gasteiger partial charge >= 0.3 is 11.9 Å². The zero-order valence-electron chi connectivity index (χ0n) is 18.2. The van der Waals surface area contributed by atoms with Crippen molar-refractivity contribution in [3.63, 3.8) is 0 Å². The maximum atomic E-state index is 12.7. The highest BCUT2D eigenvalue weighted by molar-refractivity contribution is 5.90. The Balaban J connectivity index is 1.81. The van der Waals surface area contributed by atoms with Crippen LogP contribution in [0, 0.1) is 22.7 Å². The molecule has 0 radical (unpaired) electrons. The summed E-state index contributed by atoms with van der Waals surface area (Å²) in [5, 5.41) is 22.3. The molecule has 0 aromatic carbocycles. The first kappa shape index (κ1) is 22.0. The van der Waals surface area contributed by atoms with E-state index in [4.69, 9.17) is 18.6 Å². The van der Waals surface area contributed by atoms with Crippen LogP contribution in [0.1, 0.15) is 51.7 Å². The van der Waals surface area contributed by atoms with Crippen molar-refractivity contribution < 1.29 is 38.4 Å². The average molecular weight is 434 g/mol. The highest BCUT2D eigenvalue weighted by Gasteiger charge is 2.65. The molecule has 1 aromatic heterocycles. The molecule has 4 rings (SSSR count). The van der Waals surface area contributed by atoms with Crippen LogP contribution in [0.4, 0.5) is 0 Å². The number of furan rings is 1. The number of methoxy groups -OCH3 is 1. The number of hydrogen-bond acceptors (Lipinski definition) is 8. The Kier molecular flexibility index (Phi) is 5.52. The van der Waals surface area contributed by atoms with Gasteiger partial charge in [-0.25, -0.2) is 4.79 Å². The molecule has 2 fully saturated rings. The van der Waals surface area contributed by atoms with Gasteiger partial charge < -0.3 is 28.8 Å². The highest BCUT2D eigenvalue weighted by Crippen LogP contribution is 2.65. The second-order valence-corrected chi connectivity index (χ2v) is 9.46. The molecule has 8 unspecified atom stereocenters. The minimum absolute atomic E-state index is 0.252. The monoisotopic (exact) mass is 434 g/mol. The summed E-state index contributed by atoms with van der Waals surface area (Å²) >= 11 is 0. The van der Waals surface area contributed by atoms with Gasteiger partial charge in [-0.1, -0.05) is 13.8 Å². The molecule has 8 atom stereocenters. The van der Waals surface area contributed by atoms with Crippen LogP contribution in [-0.4, -0.2) is 47.8 Å². The van der Waals surface area contributed by atoms with Gasteiger partial charge in [0.05, 0.1) is 31.8 Å². The smallest absolute Gasteiger partial charge is 0.334 e. The summed E-state index contributed by atoms with van der Waals surface area (Å²) in [7, 11) is 1.31. The molecule has 170 valence electrons. The Morgan fingerprint density at radius 2 is 2.00 bits per heavy atom. The van der Waals surface area contributed by atoms with E-state index in [1.165, 1.54) is 20.1 Å². The third-order valence-electron chi connectivity index (χ3n) is 7.74. The fourth-order valence-electron chi connectivity index (χ4n) is 6.43. The number of carbonyl (C=O) groups is 2. The van der Waals surface area contributed by atoms with E-state index in [9.17, 15) is 19.8 Å². The molecule has 0 amide bonds. The normalized spacial score (nSPS) is 42.1. The molecule has 2 N–H and O–H groups in total. The Labute approximate surface area is 181 Å². The number of hydrogen-bond donors (Lipinski definition) is 2. The molecule has 8 nitrogen and oxygen atoms in total. The van der Waals surface area contributed by atoms with Crippen molar-refractivity contribution in [2.24, 2.45) is 22.7 Å². The van der Waals surface area contributed by atoms with Crippen LogP contribution < -0.4 is 0 Å². The van der Waals surface area contributed by atoms with Crippen LogP contribution in [0.5, 0.6) is 0 Å². The van der Waals surface area contributed by atoms with Crippen molar-refractivity contribution in [2.75, 3.05) is 7.11 Å². The maximum absolute atomic E-state index is 12.7. The van der Waals surface area contributed by atoms with Crippen molar-refractivity contribution in [3.8, 4) is 0 Å². The van der Waals surface area contributed by atoms with E-state index in [2.05, 4.69) is 0 Å². The van der Waals surface area contributed by atoms with Gasteiger partial charge in [0.1, 0.15) is 6.10 Å². The van der Waals surface area contributed by atoms with Gasteiger partial charge in [0, 0.05) is 35.3 Å². The first-order chi connectivity index (χ1) is 14.6. The Morgan fingerprint density at radius 3 is 2.61 bits per heavy atom. The largest absolute Gasteiger partial charge is 0.472 e. The second kappa shape index (κ2) is 7.76. The SMILES string of the molecule is COC(=O)C1=CC(OC(C)=O)C(O)C2C1(C)CCC1C(O)OC(c3ccoc3)CC12C. The van der Waals surface area contributed by atoms with Gasteiger partial charge in [-0.2, -0.15) is 0 Å². The van der Waals surface area contributed by atoms with E-state index < -0.39 is 53.3 Å². The van der Waals surface area contributed by atoms with Crippen LogP contribution in [0.3, 0.4) is 0 Å². The Bertz CT molecular complexity index is 876. The fraction of sp³-hybridized carbons (Fsp3) is 0.652. The standard InChI is InChI=1S/C23H30O8/c1-12(24)30-16-9-15(20(26)28-4)22(2)7-5-14-21(27)31-17(13-6-8-29-11-13)10-23(14,3)19(22)18(16)25/h6,8-9,11,14,16-19,21,25,27H,5,7,10H2,1-4H3. The lowest BCUT2D eigenvalue weighted by Crippen LogP contribution is -2.63. The molecule has 2 heterocycles. The second-order valence-electron chi connectivity index (χ2n) is 9.46. The lowest BCUT2D eigenvalue weighted by Gasteiger charge is -2.62. The third-order valence-corrected chi connectivity index (χ3v) is 7.74. The summed E-state index contributed by atoms with van der Waals surface area (Å²) in [6, 6.07) is 1.79. The van der Waals surface area contributed by atoms with Crippen LogP contribution in [0.2, 0.25) is 0 Å². The first-order valence-electron chi connectivity index (χ1n) is 10.6. The predicted molar refractivity (Wildman–Crippen MR) is 107 cm³/mol. The number of fused-ring (bicyclic) bond motifs is 3. The summed E-state index contributed by atoms with van der Waals surface area (Å²) in [4.78, 5) is 24.5. The summed E-state index contributed by atoms with van der Waals surface area (Å²) < 4.78 is 21.6. The molecule has 0 bridgehead atoms. The van der Waals surface area contributed by atoms with E-state index >= 15 is 0 Å². The van der Waals surface area contributed by atoms with Gasteiger partial charge in [-0.05, 0) is 36.8 Å². The van der Waals surface area contributed by atoms with Gasteiger partial charge in [0.25, 0.3) is 0 Å². The molecule has 8 heteroatoms. The molecular weight excluding hydrogens is 404 g/mol. The van der Waals surface area contributed by atoms with Crippen molar-refractivity contribution in [1.29, 1.82) is 0 Å². The van der Waals surface area contributed by atoms with E-state index in [1.54, 1.807) is 18.6 Å². The lowest BCUT2D eigenvalue weighted by molar-refractivity contribution is -0.281. The van der Waals surface area contributed by atoms with Crippen LogP contribution in [0.25, 0.3) is 0 Å². The molecule has 2 aliphatic carbocycles. The van der Waals surface area contributed by atoms with Crippen molar-refractivity contribution >= 4 is 11.9 Å². The van der Waals surface area contributed by atoms with Crippen molar-refractivity contribution in [1.82, 2.24) is 0 Å². The minimum Gasteiger partial charge on any atom is -0.472 e. The summed E-state index contributed by atoms with van der Waals surface area (Å²) in [6.45, 7) is 5.24. The quantitative estimate of drug-likeness (QED) is 0.698. The van der Waals surface area contributed by atoms with Gasteiger partial charge in [0.2, 0.25) is 0 Å². The number of ether oxygens (including phenoxy) is 3. The summed E-state index contributed by atoms with van der Waals surface area (Å²) in [5.41, 5.74) is -0.127. The van der Waals surface area contributed by atoms with Crippen LogP contribution >= 0.6 is 0 Å². The van der Waals surface area contributed by atoms with Crippen LogP contribution in [0.15, 0.2) is 34.7 Å². The van der Waals surface area contributed by atoms with E-state index in [0.29, 0.717) is 24.8 Å². The summed E-state index contributed by atoms with van der Waals surface area (Å²) in [5.74, 6) is -1.78. The molecule has 1 saturated carbocycles. The molecule has 1 aromatic rings. The first-order valence-corrected chi connectivity index (χ1v) is 10.6. The van der Waals surface area contributed by atoms with Gasteiger partial charge in [-0.3, -0.25) is 4.79 Å². The van der Waals surface area contributed by atoms with E-state index in [0.717, 1.165) is 5.56 Å². The zero-order chi connectivity index (χ0) is 22.6. The fourth-order valence-corrected chi connectivity index (χ4v) is 6.43. The maximum Gasteiger partial charge on any atom is 0.334 e. The molecular formula is C23H30O8. The molecule has 1 saturated heterocycles. The molecule has 31 heavy (non-hydrogen) atoms. The highest BCUT2D eigenvalue weighted by atomic mass is 16.6. The van der Waals surface area contributed by atoms with Crippen molar-refractivity contribution in [3.05, 3.63) is 35.8 Å². The Morgan fingerprint density at radius 1 is 1.26 bits per heavy atom. The number of carbonyl (C=O) groups excluding carboxylic acids is 2. The molecule has 0 spiro atoms. The zero-order valence-corrected chi connectivity index (χ0v) is 18.2. The number of esters is 2. The number of aliphatic hydroxyl groups excluding tert-OH is 2. The van der Waals surface area contributed by atoms with E-state index in [-0.39, 0.29) is 5.92 Å². The molecule has 1 aliphatic heterocycles. The van der Waals surface area contributed by atoms with E-state index in [1.807, 2.05) is 13.8 Å². The predicted octanol–water partition coefficient (Wildman–Crippen LogP) is 2.50. The van der Waals surface area contributed by atoms with Crippen molar-refractivity contribution in [2.45, 2.75) is 64.6 Å². The summed E-state index contributed by atoms with van der Waals surface area (Å²) in [6.07, 6.45) is 2.85.